The van der Waals surface area contributed by atoms with Crippen LogP contribution in [0.1, 0.15) is 15.9 Å². The van der Waals surface area contributed by atoms with Gasteiger partial charge in [-0.1, -0.05) is 30.3 Å². The molecule has 0 radical (unpaired) electrons. The van der Waals surface area contributed by atoms with Gasteiger partial charge >= 0.3 is 5.97 Å². The fraction of sp³-hybridized carbons (Fsp3) is 0.222. The van der Waals surface area contributed by atoms with Crippen molar-refractivity contribution in [3.05, 3.63) is 59.7 Å². The summed E-state index contributed by atoms with van der Waals surface area (Å²) in [5.41, 5.74) is 2.70. The molecule has 0 aliphatic carbocycles. The molecule has 1 aliphatic heterocycles. The molecule has 0 fully saturated rings. The summed E-state index contributed by atoms with van der Waals surface area (Å²) < 4.78 is 4.78. The molecule has 0 spiro atoms. The molecular formula is C18H17NO3S. The Morgan fingerprint density at radius 1 is 1.13 bits per heavy atom. The number of methoxy groups -OCH3 is 1. The van der Waals surface area contributed by atoms with Gasteiger partial charge in [-0.15, -0.1) is 11.8 Å². The highest BCUT2D eigenvalue weighted by atomic mass is 32.2. The fourth-order valence-electron chi connectivity index (χ4n) is 2.69. The van der Waals surface area contributed by atoms with Crippen molar-refractivity contribution in [3.8, 4) is 0 Å². The van der Waals surface area contributed by atoms with Gasteiger partial charge < -0.3 is 9.64 Å². The minimum atomic E-state index is -0.382. The lowest BCUT2D eigenvalue weighted by Crippen LogP contribution is -2.30. The van der Waals surface area contributed by atoms with Crippen molar-refractivity contribution >= 4 is 29.3 Å². The van der Waals surface area contributed by atoms with E-state index in [4.69, 9.17) is 4.74 Å². The third-order valence-corrected chi connectivity index (χ3v) is 4.89. The molecule has 0 aromatic heterocycles. The number of amides is 1. The van der Waals surface area contributed by atoms with Crippen LogP contribution < -0.4 is 4.90 Å². The first-order chi connectivity index (χ1) is 11.2. The van der Waals surface area contributed by atoms with Gasteiger partial charge in [-0.3, -0.25) is 4.79 Å². The highest BCUT2D eigenvalue weighted by molar-refractivity contribution is 8.00. The van der Waals surface area contributed by atoms with Crippen molar-refractivity contribution in [3.63, 3.8) is 0 Å². The van der Waals surface area contributed by atoms with Crippen LogP contribution >= 0.6 is 11.8 Å². The molecule has 3 rings (SSSR count). The predicted molar refractivity (Wildman–Crippen MR) is 91.0 cm³/mol. The Morgan fingerprint density at radius 2 is 1.87 bits per heavy atom. The van der Waals surface area contributed by atoms with Gasteiger partial charge in [0.25, 0.3) is 0 Å². The Balaban J connectivity index is 1.70. The van der Waals surface area contributed by atoms with Gasteiger partial charge in [0.1, 0.15) is 0 Å². The largest absolute Gasteiger partial charge is 0.465 e. The summed E-state index contributed by atoms with van der Waals surface area (Å²) in [4.78, 5) is 26.9. The van der Waals surface area contributed by atoms with E-state index in [1.807, 2.05) is 35.2 Å². The summed E-state index contributed by atoms with van der Waals surface area (Å²) in [7, 11) is 1.36. The Labute approximate surface area is 139 Å². The lowest BCUT2D eigenvalue weighted by atomic mass is 10.2. The molecule has 23 heavy (non-hydrogen) atoms. The lowest BCUT2D eigenvalue weighted by Gasteiger charge is -2.17. The number of ether oxygens (including phenoxy) is 1. The molecule has 0 unspecified atom stereocenters. The maximum atomic E-state index is 12.5. The highest BCUT2D eigenvalue weighted by Gasteiger charge is 2.24. The number of rotatable bonds is 4. The third kappa shape index (κ3) is 3.24. The first-order valence-electron chi connectivity index (χ1n) is 7.39. The van der Waals surface area contributed by atoms with Gasteiger partial charge in [0.15, 0.2) is 0 Å². The molecule has 0 atom stereocenters. The zero-order chi connectivity index (χ0) is 16.2. The van der Waals surface area contributed by atoms with Crippen LogP contribution in [0.2, 0.25) is 0 Å². The fourth-order valence-corrected chi connectivity index (χ4v) is 3.60. The van der Waals surface area contributed by atoms with Crippen LogP contribution in [0.4, 0.5) is 5.69 Å². The zero-order valence-electron chi connectivity index (χ0n) is 12.8. The number of thioether (sulfide) groups is 1. The van der Waals surface area contributed by atoms with E-state index in [2.05, 4.69) is 6.07 Å². The molecule has 118 valence electrons. The number of fused-ring (bicyclic) bond motifs is 1. The van der Waals surface area contributed by atoms with Crippen molar-refractivity contribution < 1.29 is 14.3 Å². The van der Waals surface area contributed by atoms with Gasteiger partial charge in [0.2, 0.25) is 5.91 Å². The number of benzene rings is 2. The lowest BCUT2D eigenvalue weighted by molar-refractivity contribution is -0.116. The van der Waals surface area contributed by atoms with E-state index in [0.29, 0.717) is 11.3 Å². The number of para-hydroxylation sites is 1. The number of anilines is 1. The second kappa shape index (κ2) is 6.87. The zero-order valence-corrected chi connectivity index (χ0v) is 13.6. The second-order valence-electron chi connectivity index (χ2n) is 5.20. The van der Waals surface area contributed by atoms with Crippen LogP contribution in [0, 0.1) is 0 Å². The molecule has 1 heterocycles. The van der Waals surface area contributed by atoms with Crippen LogP contribution in [-0.4, -0.2) is 31.3 Å². The van der Waals surface area contributed by atoms with Crippen molar-refractivity contribution in [1.29, 1.82) is 0 Å². The SMILES string of the molecule is COC(=O)c1ccccc1SCC(=O)N1CCc2ccccc21. The smallest absolute Gasteiger partial charge is 0.338 e. The third-order valence-electron chi connectivity index (χ3n) is 3.83. The normalized spacial score (nSPS) is 12.8. The number of hydrogen-bond acceptors (Lipinski definition) is 4. The monoisotopic (exact) mass is 327 g/mol. The molecule has 2 aromatic rings. The molecule has 0 saturated heterocycles. The number of carbonyl (C=O) groups is 2. The molecule has 1 amide bonds. The molecule has 2 aromatic carbocycles. The maximum absolute atomic E-state index is 12.5. The van der Waals surface area contributed by atoms with Crippen LogP contribution in [-0.2, 0) is 16.0 Å². The van der Waals surface area contributed by atoms with E-state index in [1.54, 1.807) is 12.1 Å². The average molecular weight is 327 g/mol. The molecule has 0 bridgehead atoms. The van der Waals surface area contributed by atoms with Crippen molar-refractivity contribution in [2.75, 3.05) is 24.3 Å². The van der Waals surface area contributed by atoms with E-state index in [0.717, 1.165) is 23.5 Å². The predicted octanol–water partition coefficient (Wildman–Crippen LogP) is 3.15. The highest BCUT2D eigenvalue weighted by Crippen LogP contribution is 2.29. The number of hydrogen-bond donors (Lipinski definition) is 0. The Kier molecular flexibility index (Phi) is 4.67. The van der Waals surface area contributed by atoms with Gasteiger partial charge in [0, 0.05) is 17.1 Å². The molecule has 0 saturated carbocycles. The van der Waals surface area contributed by atoms with Crippen molar-refractivity contribution in [2.45, 2.75) is 11.3 Å². The Morgan fingerprint density at radius 3 is 2.70 bits per heavy atom. The van der Waals surface area contributed by atoms with Gasteiger partial charge in [-0.2, -0.15) is 0 Å². The average Bonchev–Trinajstić information content (AvgIpc) is 3.03. The number of nitrogens with zero attached hydrogens (tertiary/aromatic N) is 1. The first kappa shape index (κ1) is 15.6. The van der Waals surface area contributed by atoms with E-state index >= 15 is 0 Å². The van der Waals surface area contributed by atoms with Crippen LogP contribution in [0.3, 0.4) is 0 Å². The topological polar surface area (TPSA) is 46.6 Å². The van der Waals surface area contributed by atoms with Crippen LogP contribution in [0.25, 0.3) is 0 Å². The molecule has 4 nitrogen and oxygen atoms in total. The maximum Gasteiger partial charge on any atom is 0.338 e. The second-order valence-corrected chi connectivity index (χ2v) is 6.22. The van der Waals surface area contributed by atoms with Crippen molar-refractivity contribution in [1.82, 2.24) is 0 Å². The van der Waals surface area contributed by atoms with E-state index in [-0.39, 0.29) is 11.9 Å². The van der Waals surface area contributed by atoms with Crippen LogP contribution in [0.5, 0.6) is 0 Å². The summed E-state index contributed by atoms with van der Waals surface area (Å²) in [6, 6.07) is 15.2. The van der Waals surface area contributed by atoms with Gasteiger partial charge in [0.05, 0.1) is 18.4 Å². The molecule has 5 heteroatoms. The minimum absolute atomic E-state index is 0.0552. The van der Waals surface area contributed by atoms with E-state index < -0.39 is 0 Å². The van der Waals surface area contributed by atoms with Gasteiger partial charge in [-0.25, -0.2) is 4.79 Å². The summed E-state index contributed by atoms with van der Waals surface area (Å²) in [5.74, 6) is -0.0332. The molecular weight excluding hydrogens is 310 g/mol. The summed E-state index contributed by atoms with van der Waals surface area (Å²) >= 11 is 1.37. The Bertz CT molecular complexity index is 745. The molecule has 0 N–H and O–H groups in total. The number of carbonyl (C=O) groups excluding carboxylic acids is 2. The summed E-state index contributed by atoms with van der Waals surface area (Å²) in [6.07, 6.45) is 0.894. The standard InChI is InChI=1S/C18H17NO3S/c1-22-18(21)14-7-3-5-9-16(14)23-12-17(20)19-11-10-13-6-2-4-8-15(13)19/h2-9H,10-12H2,1H3. The Hall–Kier alpha value is -2.27. The summed E-state index contributed by atoms with van der Waals surface area (Å²) in [5, 5.41) is 0. The van der Waals surface area contributed by atoms with Crippen molar-refractivity contribution in [2.24, 2.45) is 0 Å². The molecule has 1 aliphatic rings. The first-order valence-corrected chi connectivity index (χ1v) is 8.37. The van der Waals surface area contributed by atoms with E-state index in [9.17, 15) is 9.59 Å². The quantitative estimate of drug-likeness (QED) is 0.639. The van der Waals surface area contributed by atoms with Crippen LogP contribution in [0.15, 0.2) is 53.4 Å². The van der Waals surface area contributed by atoms with Gasteiger partial charge in [-0.05, 0) is 30.2 Å². The minimum Gasteiger partial charge on any atom is -0.465 e. The number of esters is 1. The van der Waals surface area contributed by atoms with E-state index in [1.165, 1.54) is 24.4 Å². The summed E-state index contributed by atoms with van der Waals surface area (Å²) in [6.45, 7) is 0.720.